The number of fused-ring (bicyclic) bond motifs is 1. The van der Waals surface area contributed by atoms with E-state index in [0.717, 1.165) is 23.6 Å². The Morgan fingerprint density at radius 2 is 1.66 bits per heavy atom. The van der Waals surface area contributed by atoms with Gasteiger partial charge in [-0.3, -0.25) is 33.8 Å². The molecule has 5 rings (SSSR count). The zero-order valence-electron chi connectivity index (χ0n) is 28.2. The van der Waals surface area contributed by atoms with E-state index in [4.69, 9.17) is 14.2 Å². The number of carboxylic acids is 1. The molecule has 3 heterocycles. The van der Waals surface area contributed by atoms with Crippen molar-refractivity contribution >= 4 is 59.5 Å². The van der Waals surface area contributed by atoms with Gasteiger partial charge in [-0.15, -0.1) is 11.8 Å². The number of rotatable bonds is 12. The molecule has 0 radical (unpaired) electrons. The lowest BCUT2D eigenvalue weighted by Gasteiger charge is -2.56. The molecule has 0 bridgehead atoms. The Balaban J connectivity index is 1.38. The van der Waals surface area contributed by atoms with E-state index in [1.807, 2.05) is 0 Å². The molecule has 53 heavy (non-hydrogen) atoms. The van der Waals surface area contributed by atoms with Crippen molar-refractivity contribution in [2.24, 2.45) is 0 Å². The van der Waals surface area contributed by atoms with E-state index in [1.54, 1.807) is 42.7 Å². The number of imide groups is 1. The molecule has 0 spiro atoms. The average molecular weight is 755 g/mol. The number of piperazine rings is 1. The summed E-state index contributed by atoms with van der Waals surface area (Å²) >= 11 is 0.941. The summed E-state index contributed by atoms with van der Waals surface area (Å²) in [4.78, 5) is 105. The number of ether oxygens (including phenoxy) is 3. The van der Waals surface area contributed by atoms with Crippen molar-refractivity contribution in [2.75, 3.05) is 32.0 Å². The molecule has 1 unspecified atom stereocenters. The number of thioether (sulfide) groups is 1. The zero-order valence-corrected chi connectivity index (χ0v) is 29.0. The summed E-state index contributed by atoms with van der Waals surface area (Å²) in [5.41, 5.74) is -0.179. The first-order valence-electron chi connectivity index (χ1n) is 16.0. The molecule has 20 heteroatoms. The van der Waals surface area contributed by atoms with Gasteiger partial charge >= 0.3 is 35.9 Å². The minimum absolute atomic E-state index is 0.0109. The van der Waals surface area contributed by atoms with Gasteiger partial charge in [0.25, 0.3) is 5.91 Å². The fourth-order valence-corrected chi connectivity index (χ4v) is 7.07. The van der Waals surface area contributed by atoms with Gasteiger partial charge in [0.15, 0.2) is 0 Å². The number of hydroxylamine groups is 1. The predicted octanol–water partition coefficient (Wildman–Crippen LogP) is 0.452. The highest BCUT2D eigenvalue weighted by Crippen LogP contribution is 2.45. The molecule has 6 amide bonds. The molecule has 0 saturated carbocycles. The lowest BCUT2D eigenvalue weighted by Crippen LogP contribution is -2.85. The van der Waals surface area contributed by atoms with Gasteiger partial charge in [-0.05, 0) is 30.2 Å². The van der Waals surface area contributed by atoms with Gasteiger partial charge in [0.2, 0.25) is 11.6 Å². The van der Waals surface area contributed by atoms with Crippen LogP contribution in [0.3, 0.4) is 0 Å². The largest absolute Gasteiger partial charge is 0.514 e. The highest BCUT2D eigenvalue weighted by molar-refractivity contribution is 8.00. The van der Waals surface area contributed by atoms with Crippen LogP contribution in [0.5, 0.6) is 5.75 Å². The molecule has 19 nitrogen and oxygen atoms in total. The van der Waals surface area contributed by atoms with E-state index in [2.05, 4.69) is 10.6 Å². The fourth-order valence-electron chi connectivity index (χ4n) is 5.67. The third-order valence-electron chi connectivity index (χ3n) is 8.38. The first-order chi connectivity index (χ1) is 25.3. The number of esters is 1. The summed E-state index contributed by atoms with van der Waals surface area (Å²) in [7, 11) is 0. The maximum Gasteiger partial charge on any atom is 0.514 e. The van der Waals surface area contributed by atoms with Gasteiger partial charge in [0.05, 0.1) is 0 Å². The van der Waals surface area contributed by atoms with Crippen molar-refractivity contribution in [3.8, 4) is 5.75 Å². The number of carbonyl (C=O) groups excluding carboxylic acids is 7. The number of nitrogens with one attached hydrogen (secondary N) is 3. The number of carbonyl (C=O) groups is 8. The number of β-lactam (4-membered cyclic amide) rings is 1. The predicted molar refractivity (Wildman–Crippen MR) is 179 cm³/mol. The van der Waals surface area contributed by atoms with Crippen molar-refractivity contribution in [3.63, 3.8) is 0 Å². The first kappa shape index (κ1) is 38.2. The van der Waals surface area contributed by atoms with Crippen LogP contribution < -0.4 is 20.9 Å². The topological polar surface area (TPSA) is 251 Å². The van der Waals surface area contributed by atoms with Gasteiger partial charge in [-0.25, -0.2) is 14.4 Å². The number of likely N-dealkylation sites (N-methyl/N-ethyl adjacent to an activating group) is 1. The summed E-state index contributed by atoms with van der Waals surface area (Å²) in [5, 5.41) is 23.7. The van der Waals surface area contributed by atoms with Crippen LogP contribution in [0.4, 0.5) is 9.59 Å². The van der Waals surface area contributed by atoms with E-state index in [9.17, 15) is 48.7 Å². The van der Waals surface area contributed by atoms with E-state index in [0.29, 0.717) is 10.5 Å². The van der Waals surface area contributed by atoms with E-state index in [-0.39, 0.29) is 48.9 Å². The number of hydrogen-bond donors (Lipinski definition) is 5. The zero-order chi connectivity index (χ0) is 38.4. The van der Waals surface area contributed by atoms with Gasteiger partial charge in [0, 0.05) is 37.9 Å². The molecule has 3 atom stereocenters. The molecule has 2 aromatic rings. The van der Waals surface area contributed by atoms with Crippen LogP contribution >= 0.6 is 11.8 Å². The monoisotopic (exact) mass is 754 g/mol. The molecule has 5 N–H and O–H groups in total. The Morgan fingerprint density at radius 1 is 0.962 bits per heavy atom. The van der Waals surface area contributed by atoms with Crippen molar-refractivity contribution in [2.45, 2.75) is 37.5 Å². The highest BCUT2D eigenvalue weighted by Gasteiger charge is 2.66. The summed E-state index contributed by atoms with van der Waals surface area (Å²) in [6, 6.07) is 11.1. The van der Waals surface area contributed by atoms with Crippen LogP contribution in [-0.4, -0.2) is 116 Å². The van der Waals surface area contributed by atoms with E-state index < -0.39 is 77.1 Å². The molecule has 2 saturated heterocycles. The van der Waals surface area contributed by atoms with Crippen LogP contribution in [0.15, 0.2) is 65.9 Å². The minimum atomic E-state index is -2.30. The number of hydrogen-bond acceptors (Lipinski definition) is 14. The van der Waals surface area contributed by atoms with E-state index >= 15 is 0 Å². The molecule has 0 aliphatic carbocycles. The van der Waals surface area contributed by atoms with Crippen molar-refractivity contribution in [3.05, 3.63) is 77.0 Å². The van der Waals surface area contributed by atoms with Crippen LogP contribution in [0.1, 0.15) is 31.0 Å². The third-order valence-corrected chi connectivity index (χ3v) is 9.78. The van der Waals surface area contributed by atoms with E-state index in [1.165, 1.54) is 29.2 Å². The number of amides is 6. The SMILES string of the molecule is CCN1CCN(C(=O)NC(C(=O)N[C@]2(NO)C(=O)N3C(C(=O)O)=C(COC(C)=O)CS[C@H]32)c2ccc(OC(=O)OCc3ccccc3)cc2)C(=O)C1=O. The minimum Gasteiger partial charge on any atom is -0.477 e. The Bertz CT molecular complexity index is 1860. The summed E-state index contributed by atoms with van der Waals surface area (Å²) in [6.45, 7) is 2.38. The Labute approximate surface area is 305 Å². The molecule has 3 aliphatic heterocycles. The number of urea groups is 1. The second kappa shape index (κ2) is 16.1. The summed E-state index contributed by atoms with van der Waals surface area (Å²) < 4.78 is 15.2. The average Bonchev–Trinajstić information content (AvgIpc) is 3.15. The van der Waals surface area contributed by atoms with Crippen molar-refractivity contribution in [1.29, 1.82) is 0 Å². The fraction of sp³-hybridized carbons (Fsp3) is 0.333. The molecule has 2 fully saturated rings. The summed E-state index contributed by atoms with van der Waals surface area (Å²) in [6.07, 6.45) is -1.03. The summed E-state index contributed by atoms with van der Waals surface area (Å²) in [5.74, 6) is -6.56. The van der Waals surface area contributed by atoms with Crippen LogP contribution in [0.25, 0.3) is 0 Å². The number of carboxylic acid groups (broad SMARTS) is 1. The second-order valence-corrected chi connectivity index (χ2v) is 12.8. The van der Waals surface area contributed by atoms with Crippen molar-refractivity contribution in [1.82, 2.24) is 30.8 Å². The maximum atomic E-state index is 14.0. The Kier molecular flexibility index (Phi) is 11.6. The second-order valence-electron chi connectivity index (χ2n) is 11.7. The smallest absolute Gasteiger partial charge is 0.477 e. The maximum absolute atomic E-state index is 14.0. The molecule has 3 aliphatic rings. The van der Waals surface area contributed by atoms with Gasteiger partial charge in [-0.1, -0.05) is 42.5 Å². The molecular weight excluding hydrogens is 720 g/mol. The standard InChI is InChI=1S/C33H34N6O13S/c1-3-37-13-14-38(27(43)26(37)42)31(47)34-23(20-9-11-22(12-10-20)52-32(48)51-15-19-7-5-4-6-8-19)25(41)35-33(36-49)29(46)39-24(28(44)45)21(16-50-18(2)40)17-53-30(33)39/h4-12,23,30,36,49H,3,13-17H2,1-2H3,(H,34,47)(H,35,41)(H,44,45)/t23?,30-,33-/m0/s1. The normalized spacial score (nSPS) is 20.2. The van der Waals surface area contributed by atoms with Crippen LogP contribution in [0.2, 0.25) is 0 Å². The third kappa shape index (κ3) is 7.93. The van der Waals surface area contributed by atoms with Gasteiger partial charge in [-0.2, -0.15) is 5.48 Å². The molecule has 280 valence electrons. The van der Waals surface area contributed by atoms with Crippen LogP contribution in [-0.2, 0) is 44.8 Å². The highest BCUT2D eigenvalue weighted by atomic mass is 32.2. The molecular formula is C33H34N6O13S. The van der Waals surface area contributed by atoms with Gasteiger partial charge in [0.1, 0.15) is 36.1 Å². The number of nitrogens with zero attached hydrogens (tertiary/aromatic N) is 3. The number of benzene rings is 2. The lowest BCUT2D eigenvalue weighted by molar-refractivity contribution is -0.171. The molecule has 2 aromatic carbocycles. The lowest BCUT2D eigenvalue weighted by atomic mass is 9.94. The van der Waals surface area contributed by atoms with Crippen molar-refractivity contribution < 1.29 is 62.9 Å². The molecule has 0 aromatic heterocycles. The Morgan fingerprint density at radius 3 is 2.28 bits per heavy atom. The number of aliphatic carboxylic acids is 1. The Hall–Kier alpha value is -5.99. The van der Waals surface area contributed by atoms with Crippen LogP contribution in [0, 0.1) is 0 Å². The quantitative estimate of drug-likeness (QED) is 0.0493. The first-order valence-corrected chi connectivity index (χ1v) is 17.0. The van der Waals surface area contributed by atoms with Gasteiger partial charge < -0.3 is 40.1 Å².